The summed E-state index contributed by atoms with van der Waals surface area (Å²) < 4.78 is 5.33. The van der Waals surface area contributed by atoms with Gasteiger partial charge >= 0.3 is 0 Å². The molecule has 0 saturated carbocycles. The molecule has 0 aliphatic heterocycles. The van der Waals surface area contributed by atoms with E-state index >= 15 is 0 Å². The molecule has 3 heteroatoms. The van der Waals surface area contributed by atoms with Gasteiger partial charge in [0.1, 0.15) is 5.75 Å². The van der Waals surface area contributed by atoms with E-state index in [1.54, 1.807) is 7.11 Å². The number of aryl methyl sites for hydroxylation is 1. The highest BCUT2D eigenvalue weighted by atomic mass is 16.5. The van der Waals surface area contributed by atoms with Gasteiger partial charge in [0.25, 0.3) is 0 Å². The summed E-state index contributed by atoms with van der Waals surface area (Å²) in [5, 5.41) is 1.29. The normalized spacial score (nSPS) is 11.7. The molecule has 0 aliphatic rings. The molecule has 0 saturated heterocycles. The van der Waals surface area contributed by atoms with Crippen LogP contribution in [0.5, 0.6) is 5.75 Å². The number of likely N-dealkylation sites (N-methyl/N-ethyl adjacent to an activating group) is 1. The number of aromatic amines is 1. The van der Waals surface area contributed by atoms with Gasteiger partial charge in [0.05, 0.1) is 7.11 Å². The van der Waals surface area contributed by atoms with Crippen LogP contribution < -0.4 is 4.74 Å². The van der Waals surface area contributed by atoms with Crippen LogP contribution in [0.25, 0.3) is 10.9 Å². The Morgan fingerprint density at radius 3 is 2.68 bits per heavy atom. The summed E-state index contributed by atoms with van der Waals surface area (Å²) in [4.78, 5) is 5.83. The van der Waals surface area contributed by atoms with Crippen LogP contribution in [0.1, 0.15) is 25.1 Å². The van der Waals surface area contributed by atoms with Crippen LogP contribution in [0.3, 0.4) is 0 Å². The fourth-order valence-electron chi connectivity index (χ4n) is 2.36. The van der Waals surface area contributed by atoms with Crippen molar-refractivity contribution in [3.63, 3.8) is 0 Å². The molecule has 0 radical (unpaired) electrons. The van der Waals surface area contributed by atoms with Gasteiger partial charge in [-0.15, -0.1) is 0 Å². The first-order valence-electron chi connectivity index (χ1n) is 6.88. The van der Waals surface area contributed by atoms with Crippen molar-refractivity contribution in [2.45, 2.75) is 33.2 Å². The van der Waals surface area contributed by atoms with Crippen LogP contribution in [0.15, 0.2) is 18.2 Å². The number of benzene rings is 1. The lowest BCUT2D eigenvalue weighted by atomic mass is 10.1. The third-order valence-corrected chi connectivity index (χ3v) is 3.92. The molecule has 19 heavy (non-hydrogen) atoms. The van der Waals surface area contributed by atoms with Crippen LogP contribution >= 0.6 is 0 Å². The molecule has 104 valence electrons. The fraction of sp³-hybridized carbons (Fsp3) is 0.500. The van der Waals surface area contributed by atoms with Crippen molar-refractivity contribution >= 4 is 10.9 Å². The minimum Gasteiger partial charge on any atom is -0.497 e. The molecule has 0 amide bonds. The van der Waals surface area contributed by atoms with Gasteiger partial charge in [-0.25, -0.2) is 0 Å². The maximum atomic E-state index is 5.33. The predicted molar refractivity (Wildman–Crippen MR) is 81.1 cm³/mol. The first kappa shape index (κ1) is 13.9. The third kappa shape index (κ3) is 2.92. The number of aromatic nitrogens is 1. The second-order valence-electron chi connectivity index (χ2n) is 5.46. The van der Waals surface area contributed by atoms with Crippen LogP contribution in [0.4, 0.5) is 0 Å². The number of ether oxygens (including phenoxy) is 1. The number of nitrogens with one attached hydrogen (secondary N) is 1. The number of hydrogen-bond donors (Lipinski definition) is 1. The molecule has 0 aliphatic carbocycles. The molecule has 2 aromatic rings. The molecule has 3 nitrogen and oxygen atoms in total. The maximum absolute atomic E-state index is 5.33. The lowest BCUT2D eigenvalue weighted by molar-refractivity contribution is 0.277. The van der Waals surface area contributed by atoms with Crippen molar-refractivity contribution in [1.82, 2.24) is 9.88 Å². The third-order valence-electron chi connectivity index (χ3n) is 3.92. The molecule has 0 bridgehead atoms. The van der Waals surface area contributed by atoms with Crippen molar-refractivity contribution in [1.29, 1.82) is 0 Å². The Hall–Kier alpha value is -1.48. The lowest BCUT2D eigenvalue weighted by Gasteiger charge is -2.20. The van der Waals surface area contributed by atoms with E-state index in [4.69, 9.17) is 4.74 Å². The Morgan fingerprint density at radius 1 is 1.32 bits per heavy atom. The van der Waals surface area contributed by atoms with Gasteiger partial charge < -0.3 is 14.6 Å². The number of hydrogen-bond acceptors (Lipinski definition) is 2. The second-order valence-corrected chi connectivity index (χ2v) is 5.46. The molecule has 0 spiro atoms. The first-order chi connectivity index (χ1) is 9.02. The predicted octanol–water partition coefficient (Wildman–Crippen LogP) is 3.37. The summed E-state index contributed by atoms with van der Waals surface area (Å²) >= 11 is 0. The largest absolute Gasteiger partial charge is 0.497 e. The fourth-order valence-corrected chi connectivity index (χ4v) is 2.36. The van der Waals surface area contributed by atoms with Gasteiger partial charge in [-0.2, -0.15) is 0 Å². The Balaban J connectivity index is 2.28. The van der Waals surface area contributed by atoms with Gasteiger partial charge in [-0.05, 0) is 58.0 Å². The lowest BCUT2D eigenvalue weighted by Crippen LogP contribution is -2.28. The maximum Gasteiger partial charge on any atom is 0.119 e. The number of H-pyrrole nitrogens is 1. The topological polar surface area (TPSA) is 28.3 Å². The highest BCUT2D eigenvalue weighted by molar-refractivity contribution is 5.86. The van der Waals surface area contributed by atoms with Crippen molar-refractivity contribution in [3.05, 3.63) is 29.5 Å². The van der Waals surface area contributed by atoms with Gasteiger partial charge in [-0.3, -0.25) is 0 Å². The van der Waals surface area contributed by atoms with E-state index in [0.29, 0.717) is 6.04 Å². The summed E-state index contributed by atoms with van der Waals surface area (Å²) in [5.41, 5.74) is 3.86. The molecule has 1 aromatic carbocycles. The van der Waals surface area contributed by atoms with E-state index in [1.165, 1.54) is 22.2 Å². The van der Waals surface area contributed by atoms with Gasteiger partial charge in [-0.1, -0.05) is 0 Å². The van der Waals surface area contributed by atoms with E-state index in [-0.39, 0.29) is 0 Å². The Labute approximate surface area is 115 Å². The van der Waals surface area contributed by atoms with Crippen molar-refractivity contribution < 1.29 is 4.74 Å². The molecule has 1 N–H and O–H groups in total. The summed E-state index contributed by atoms with van der Waals surface area (Å²) in [6, 6.07) is 6.81. The molecule has 1 heterocycles. The van der Waals surface area contributed by atoms with Crippen molar-refractivity contribution in [2.75, 3.05) is 20.7 Å². The number of methoxy groups -OCH3 is 1. The van der Waals surface area contributed by atoms with Gasteiger partial charge in [0, 0.05) is 29.2 Å². The zero-order chi connectivity index (χ0) is 14.0. The molecule has 1 aromatic heterocycles. The highest BCUT2D eigenvalue weighted by Crippen LogP contribution is 2.26. The zero-order valence-electron chi connectivity index (χ0n) is 12.6. The van der Waals surface area contributed by atoms with E-state index in [9.17, 15) is 0 Å². The standard InChI is InChI=1S/C16H24N2O/c1-11(2)18(4)9-8-14-12(3)17-16-7-6-13(19-5)10-15(14)16/h6-7,10-11,17H,8-9H2,1-5H3. The van der Waals surface area contributed by atoms with Crippen LogP contribution in [0, 0.1) is 6.92 Å². The molecule has 0 unspecified atom stereocenters. The van der Waals surface area contributed by atoms with Crippen LogP contribution in [-0.4, -0.2) is 36.6 Å². The smallest absolute Gasteiger partial charge is 0.119 e. The summed E-state index contributed by atoms with van der Waals surface area (Å²) in [6.07, 6.45) is 1.06. The van der Waals surface area contributed by atoms with Crippen LogP contribution in [-0.2, 0) is 6.42 Å². The number of fused-ring (bicyclic) bond motifs is 1. The van der Waals surface area contributed by atoms with Gasteiger partial charge in [0.15, 0.2) is 0 Å². The monoisotopic (exact) mass is 260 g/mol. The minimum atomic E-state index is 0.583. The molecule has 0 fully saturated rings. The average Bonchev–Trinajstić information content (AvgIpc) is 2.70. The summed E-state index contributed by atoms with van der Waals surface area (Å²) in [5.74, 6) is 0.921. The first-order valence-corrected chi connectivity index (χ1v) is 6.88. The van der Waals surface area contributed by atoms with Gasteiger partial charge in [0.2, 0.25) is 0 Å². The van der Waals surface area contributed by atoms with Crippen LogP contribution in [0.2, 0.25) is 0 Å². The molecular weight excluding hydrogens is 236 g/mol. The average molecular weight is 260 g/mol. The molecule has 0 atom stereocenters. The number of rotatable bonds is 5. The SMILES string of the molecule is COc1ccc2[nH]c(C)c(CCN(C)C(C)C)c2c1. The van der Waals surface area contributed by atoms with E-state index in [2.05, 4.69) is 49.8 Å². The summed E-state index contributed by atoms with van der Waals surface area (Å²) in [7, 11) is 3.89. The molecular formula is C16H24N2O. The quantitative estimate of drug-likeness (QED) is 0.892. The van der Waals surface area contributed by atoms with E-state index in [1.807, 2.05) is 6.07 Å². The Morgan fingerprint density at radius 2 is 2.05 bits per heavy atom. The Kier molecular flexibility index (Phi) is 4.15. The minimum absolute atomic E-state index is 0.583. The molecule has 2 rings (SSSR count). The second kappa shape index (κ2) is 5.66. The summed E-state index contributed by atoms with van der Waals surface area (Å²) in [6.45, 7) is 7.68. The van der Waals surface area contributed by atoms with Crippen molar-refractivity contribution in [2.24, 2.45) is 0 Å². The van der Waals surface area contributed by atoms with E-state index < -0.39 is 0 Å². The zero-order valence-corrected chi connectivity index (χ0v) is 12.6. The van der Waals surface area contributed by atoms with Crippen molar-refractivity contribution in [3.8, 4) is 5.75 Å². The highest BCUT2D eigenvalue weighted by Gasteiger charge is 2.11. The van der Waals surface area contributed by atoms with E-state index in [0.717, 1.165) is 18.7 Å². The Bertz CT molecular complexity index is 557. The number of nitrogens with zero attached hydrogens (tertiary/aromatic N) is 1.